The number of terminal acetylenes is 1. The molecular formula is C32H36N8O2. The molecule has 4 aromatic rings. The molecule has 0 saturated heterocycles. The Bertz CT molecular complexity index is 1580. The van der Waals surface area contributed by atoms with E-state index in [1.54, 1.807) is 43.7 Å². The largest absolute Gasteiger partial charge is 0.438 e. The second kappa shape index (κ2) is 14.0. The Labute approximate surface area is 247 Å². The fraction of sp³-hybridized carbons (Fsp3) is 0.250. The third-order valence-electron chi connectivity index (χ3n) is 6.49. The van der Waals surface area contributed by atoms with Gasteiger partial charge in [0.05, 0.1) is 22.6 Å². The number of benzene rings is 2. The molecule has 2 heterocycles. The van der Waals surface area contributed by atoms with Gasteiger partial charge < -0.3 is 30.5 Å². The van der Waals surface area contributed by atoms with E-state index in [9.17, 15) is 4.79 Å². The second-order valence-corrected chi connectivity index (χ2v) is 9.99. The number of aromatic nitrogens is 3. The van der Waals surface area contributed by atoms with Gasteiger partial charge in [0.2, 0.25) is 11.8 Å². The molecule has 0 atom stereocenters. The summed E-state index contributed by atoms with van der Waals surface area (Å²) in [5.74, 6) is 4.16. The maximum atomic E-state index is 13.0. The van der Waals surface area contributed by atoms with Crippen molar-refractivity contribution in [3.8, 4) is 35.2 Å². The number of nitrogens with one attached hydrogen (secondary N) is 3. The minimum Gasteiger partial charge on any atom is -0.438 e. The van der Waals surface area contributed by atoms with Crippen molar-refractivity contribution in [2.75, 3.05) is 62.1 Å². The highest BCUT2D eigenvalue weighted by Crippen LogP contribution is 2.33. The fourth-order valence-corrected chi connectivity index (χ4v) is 4.33. The van der Waals surface area contributed by atoms with Gasteiger partial charge >= 0.3 is 6.03 Å². The third kappa shape index (κ3) is 7.74. The molecule has 0 aliphatic carbocycles. The van der Waals surface area contributed by atoms with Crippen molar-refractivity contribution in [3.63, 3.8) is 0 Å². The van der Waals surface area contributed by atoms with Crippen molar-refractivity contribution in [3.05, 3.63) is 78.1 Å². The lowest BCUT2D eigenvalue weighted by Crippen LogP contribution is -2.26. The fourth-order valence-electron chi connectivity index (χ4n) is 4.33. The summed E-state index contributed by atoms with van der Waals surface area (Å²) in [6.45, 7) is 3.70. The van der Waals surface area contributed by atoms with Gasteiger partial charge in [-0.25, -0.2) is 19.7 Å². The normalized spacial score (nSPS) is 10.6. The van der Waals surface area contributed by atoms with Crippen LogP contribution in [-0.2, 0) is 0 Å². The summed E-state index contributed by atoms with van der Waals surface area (Å²) < 4.78 is 6.19. The number of hydrogen-bond donors (Lipinski definition) is 3. The molecule has 216 valence electrons. The molecule has 0 fully saturated rings. The second-order valence-electron chi connectivity index (χ2n) is 9.99. The van der Waals surface area contributed by atoms with Crippen molar-refractivity contribution in [1.29, 1.82) is 0 Å². The van der Waals surface area contributed by atoms with Gasteiger partial charge in [0.1, 0.15) is 5.75 Å². The molecule has 0 aliphatic rings. The van der Waals surface area contributed by atoms with Crippen molar-refractivity contribution >= 4 is 29.0 Å². The first-order valence-electron chi connectivity index (χ1n) is 13.6. The van der Waals surface area contributed by atoms with E-state index in [1.165, 1.54) is 0 Å². The topological polar surface area (TPSA) is 108 Å². The number of rotatable bonds is 11. The number of aryl methyl sites for hydroxylation is 1. The summed E-state index contributed by atoms with van der Waals surface area (Å²) in [7, 11) is 7.87. The van der Waals surface area contributed by atoms with E-state index < -0.39 is 0 Å². The molecule has 0 unspecified atom stereocenters. The van der Waals surface area contributed by atoms with Crippen LogP contribution in [0.5, 0.6) is 11.6 Å². The summed E-state index contributed by atoms with van der Waals surface area (Å²) in [6.07, 6.45) is 9.95. The molecule has 2 aromatic heterocycles. The van der Waals surface area contributed by atoms with Gasteiger partial charge in [-0.2, -0.15) is 0 Å². The van der Waals surface area contributed by atoms with Crippen LogP contribution in [0, 0.1) is 19.3 Å². The van der Waals surface area contributed by atoms with Gasteiger partial charge in [-0.3, -0.25) is 0 Å². The zero-order valence-corrected chi connectivity index (χ0v) is 24.6. The maximum absolute atomic E-state index is 13.0. The highest BCUT2D eigenvalue weighted by atomic mass is 16.5. The highest BCUT2D eigenvalue weighted by Gasteiger charge is 2.15. The van der Waals surface area contributed by atoms with Gasteiger partial charge in [0.25, 0.3) is 0 Å². The number of pyridine rings is 1. The Morgan fingerprint density at radius 1 is 1.00 bits per heavy atom. The molecule has 4 rings (SSSR count). The van der Waals surface area contributed by atoms with E-state index in [4.69, 9.17) is 11.2 Å². The lowest BCUT2D eigenvalue weighted by Gasteiger charge is -2.24. The van der Waals surface area contributed by atoms with Crippen LogP contribution >= 0.6 is 0 Å². The SMILES string of the molecule is C#Cc1ccc(N(C)CCCN(C)C)c(NC(=O)Nc2ccc(Oc3ncccc3-c3ccnc(NC)n3)c(C)c2)c1. The Balaban J connectivity index is 1.47. The molecule has 0 spiro atoms. The molecule has 42 heavy (non-hydrogen) atoms. The number of anilines is 4. The monoisotopic (exact) mass is 564 g/mol. The third-order valence-corrected chi connectivity index (χ3v) is 6.49. The number of ether oxygens (including phenoxy) is 1. The quantitative estimate of drug-likeness (QED) is 0.199. The Morgan fingerprint density at radius 3 is 2.57 bits per heavy atom. The molecule has 0 aliphatic heterocycles. The first-order valence-corrected chi connectivity index (χ1v) is 13.6. The van der Waals surface area contributed by atoms with Gasteiger partial charge in [-0.05, 0) is 94.1 Å². The van der Waals surface area contributed by atoms with Crippen LogP contribution in [0.2, 0.25) is 0 Å². The van der Waals surface area contributed by atoms with E-state index in [0.29, 0.717) is 40.2 Å². The van der Waals surface area contributed by atoms with Gasteiger partial charge in [-0.1, -0.05) is 5.92 Å². The summed E-state index contributed by atoms with van der Waals surface area (Å²) in [4.78, 5) is 30.4. The number of nitrogens with zero attached hydrogens (tertiary/aromatic N) is 5. The summed E-state index contributed by atoms with van der Waals surface area (Å²) >= 11 is 0. The van der Waals surface area contributed by atoms with E-state index in [1.807, 2.05) is 44.3 Å². The average molecular weight is 565 g/mol. The van der Waals surface area contributed by atoms with Crippen LogP contribution in [0.25, 0.3) is 11.3 Å². The lowest BCUT2D eigenvalue weighted by atomic mass is 10.1. The number of amides is 2. The van der Waals surface area contributed by atoms with Crippen molar-refractivity contribution in [2.45, 2.75) is 13.3 Å². The average Bonchev–Trinajstić information content (AvgIpc) is 2.98. The van der Waals surface area contributed by atoms with Gasteiger partial charge in [-0.15, -0.1) is 6.42 Å². The number of carbonyl (C=O) groups excluding carboxylic acids is 1. The number of urea groups is 1. The Hall–Kier alpha value is -5.14. The Morgan fingerprint density at radius 2 is 1.83 bits per heavy atom. The van der Waals surface area contributed by atoms with Crippen LogP contribution < -0.4 is 25.6 Å². The zero-order valence-electron chi connectivity index (χ0n) is 24.6. The smallest absolute Gasteiger partial charge is 0.323 e. The van der Waals surface area contributed by atoms with Crippen molar-refractivity contribution < 1.29 is 9.53 Å². The standard InChI is InChI=1S/C32H36N8O2/c1-7-23-11-13-28(40(6)19-9-18-39(4)5)27(21-23)38-32(41)36-24-12-14-29(22(2)20-24)42-30-25(10-8-16-34-30)26-15-17-35-31(33-3)37-26/h1,8,10-17,20-21H,9,18-19H2,2-6H3,(H,33,35,37)(H2,36,38,41). The molecule has 2 aromatic carbocycles. The number of carbonyl (C=O) groups is 1. The molecule has 0 bridgehead atoms. The maximum Gasteiger partial charge on any atom is 0.323 e. The van der Waals surface area contributed by atoms with Gasteiger partial charge in [0.15, 0.2) is 0 Å². The first-order chi connectivity index (χ1) is 20.3. The predicted molar refractivity (Wildman–Crippen MR) is 170 cm³/mol. The molecule has 0 saturated carbocycles. The lowest BCUT2D eigenvalue weighted by molar-refractivity contribution is 0.262. The first kappa shape index (κ1) is 29.8. The Kier molecular flexibility index (Phi) is 9.92. The zero-order chi connectivity index (χ0) is 30.1. The minimum absolute atomic E-state index is 0.378. The van der Waals surface area contributed by atoms with Crippen molar-refractivity contribution in [2.24, 2.45) is 0 Å². The highest BCUT2D eigenvalue weighted by molar-refractivity contribution is 6.02. The van der Waals surface area contributed by atoms with Crippen LogP contribution in [-0.4, -0.2) is 67.2 Å². The molecule has 2 amide bonds. The van der Waals surface area contributed by atoms with Crippen LogP contribution in [0.15, 0.2) is 67.0 Å². The summed E-state index contributed by atoms with van der Waals surface area (Å²) in [6, 6.07) is 16.2. The molecule has 10 heteroatoms. The van der Waals surface area contributed by atoms with E-state index in [2.05, 4.69) is 60.7 Å². The van der Waals surface area contributed by atoms with E-state index in [-0.39, 0.29) is 6.03 Å². The van der Waals surface area contributed by atoms with Crippen molar-refractivity contribution in [1.82, 2.24) is 19.9 Å². The van der Waals surface area contributed by atoms with Crippen LogP contribution in [0.1, 0.15) is 17.5 Å². The predicted octanol–water partition coefficient (Wildman–Crippen LogP) is 5.69. The molecule has 3 N–H and O–H groups in total. The summed E-state index contributed by atoms with van der Waals surface area (Å²) in [5.41, 5.74) is 5.06. The van der Waals surface area contributed by atoms with E-state index >= 15 is 0 Å². The van der Waals surface area contributed by atoms with Crippen LogP contribution in [0.3, 0.4) is 0 Å². The summed E-state index contributed by atoms with van der Waals surface area (Å²) in [5, 5.41) is 8.82. The minimum atomic E-state index is -0.378. The van der Waals surface area contributed by atoms with Gasteiger partial charge in [0, 0.05) is 44.3 Å². The molecular weight excluding hydrogens is 528 g/mol. The molecule has 10 nitrogen and oxygen atoms in total. The van der Waals surface area contributed by atoms with E-state index in [0.717, 1.165) is 36.3 Å². The van der Waals surface area contributed by atoms with Crippen LogP contribution in [0.4, 0.5) is 27.8 Å². The number of hydrogen-bond acceptors (Lipinski definition) is 8. The molecule has 0 radical (unpaired) electrons.